The fourth-order valence-corrected chi connectivity index (χ4v) is 0.823. The van der Waals surface area contributed by atoms with Gasteiger partial charge in [0.15, 0.2) is 0 Å². The standard InChI is InChI=1S/C9H20N/c1-5-6-7-8-10(4)9(2)3/h5-8H2,1-4H3/q+1. The third-order valence-corrected chi connectivity index (χ3v) is 1.86. The predicted molar refractivity (Wildman–Crippen MR) is 46.9 cm³/mol. The summed E-state index contributed by atoms with van der Waals surface area (Å²) >= 11 is 0. The minimum atomic E-state index is 1.22. The molecule has 0 aliphatic heterocycles. The summed E-state index contributed by atoms with van der Waals surface area (Å²) in [5, 5.41) is 0. The molecule has 0 aromatic carbocycles. The zero-order valence-electron chi connectivity index (χ0n) is 7.78. The number of hydrogen-bond donors (Lipinski definition) is 0. The van der Waals surface area contributed by atoms with Gasteiger partial charge in [0.2, 0.25) is 0 Å². The molecule has 0 bridgehead atoms. The van der Waals surface area contributed by atoms with Gasteiger partial charge in [-0.15, -0.1) is 0 Å². The van der Waals surface area contributed by atoms with Crippen molar-refractivity contribution in [2.24, 2.45) is 0 Å². The van der Waals surface area contributed by atoms with Crippen LogP contribution in [0.25, 0.3) is 0 Å². The van der Waals surface area contributed by atoms with E-state index in [0.717, 1.165) is 0 Å². The lowest BCUT2D eigenvalue weighted by atomic mass is 10.2. The molecule has 0 radical (unpaired) electrons. The SMILES string of the molecule is CCCCC[N+](C)=C(C)C. The van der Waals surface area contributed by atoms with Crippen molar-refractivity contribution in [2.45, 2.75) is 40.0 Å². The van der Waals surface area contributed by atoms with E-state index in [2.05, 4.69) is 32.4 Å². The van der Waals surface area contributed by atoms with Gasteiger partial charge in [0.25, 0.3) is 0 Å². The Labute approximate surface area is 64.8 Å². The summed E-state index contributed by atoms with van der Waals surface area (Å²) in [6.45, 7) is 7.77. The molecule has 0 rings (SSSR count). The van der Waals surface area contributed by atoms with E-state index in [1.807, 2.05) is 0 Å². The van der Waals surface area contributed by atoms with Gasteiger partial charge < -0.3 is 0 Å². The van der Waals surface area contributed by atoms with Crippen LogP contribution >= 0.6 is 0 Å². The molecule has 10 heavy (non-hydrogen) atoms. The molecule has 0 aromatic rings. The summed E-state index contributed by atoms with van der Waals surface area (Å²) in [6, 6.07) is 0. The maximum absolute atomic E-state index is 2.32. The Morgan fingerprint density at radius 3 is 2.20 bits per heavy atom. The molecule has 60 valence electrons. The minimum Gasteiger partial charge on any atom is -0.240 e. The van der Waals surface area contributed by atoms with Crippen molar-refractivity contribution in [1.82, 2.24) is 0 Å². The lowest BCUT2D eigenvalue weighted by Crippen LogP contribution is -2.13. The highest BCUT2D eigenvalue weighted by Crippen LogP contribution is 1.93. The minimum absolute atomic E-state index is 1.22. The van der Waals surface area contributed by atoms with E-state index in [0.29, 0.717) is 0 Å². The van der Waals surface area contributed by atoms with Crippen molar-refractivity contribution in [2.75, 3.05) is 13.6 Å². The second-order valence-corrected chi connectivity index (χ2v) is 3.08. The average molecular weight is 142 g/mol. The first-order valence-electron chi connectivity index (χ1n) is 4.19. The third kappa shape index (κ3) is 4.54. The zero-order chi connectivity index (χ0) is 7.98. The Hall–Kier alpha value is -0.330. The molecule has 0 N–H and O–H groups in total. The highest BCUT2D eigenvalue weighted by atomic mass is 15.0. The molecule has 0 saturated carbocycles. The Morgan fingerprint density at radius 2 is 1.80 bits per heavy atom. The fourth-order valence-electron chi connectivity index (χ4n) is 0.823. The topological polar surface area (TPSA) is 3.01 Å². The third-order valence-electron chi connectivity index (χ3n) is 1.86. The smallest absolute Gasteiger partial charge is 0.145 e. The molecule has 0 fully saturated rings. The summed E-state index contributed by atoms with van der Waals surface area (Å²) in [4.78, 5) is 0. The molecule has 0 amide bonds. The second-order valence-electron chi connectivity index (χ2n) is 3.08. The summed E-state index contributed by atoms with van der Waals surface area (Å²) < 4.78 is 2.32. The molecule has 1 nitrogen and oxygen atoms in total. The maximum Gasteiger partial charge on any atom is 0.145 e. The van der Waals surface area contributed by atoms with E-state index >= 15 is 0 Å². The molecule has 0 aliphatic carbocycles. The van der Waals surface area contributed by atoms with E-state index in [1.165, 1.54) is 31.5 Å². The molecule has 0 heterocycles. The number of hydrogen-bond acceptors (Lipinski definition) is 0. The van der Waals surface area contributed by atoms with Gasteiger partial charge in [-0.3, -0.25) is 0 Å². The van der Waals surface area contributed by atoms with Crippen molar-refractivity contribution in [3.05, 3.63) is 0 Å². The summed E-state index contributed by atoms with van der Waals surface area (Å²) in [7, 11) is 2.16. The van der Waals surface area contributed by atoms with Gasteiger partial charge in [-0.25, -0.2) is 4.58 Å². The van der Waals surface area contributed by atoms with Crippen molar-refractivity contribution in [3.63, 3.8) is 0 Å². The summed E-state index contributed by atoms with van der Waals surface area (Å²) in [6.07, 6.45) is 4.01. The number of unbranched alkanes of at least 4 members (excludes halogenated alkanes) is 2. The maximum atomic E-state index is 2.32. The Morgan fingerprint density at radius 1 is 1.20 bits per heavy atom. The van der Waals surface area contributed by atoms with Gasteiger partial charge in [-0.05, 0) is 6.42 Å². The Bertz CT molecular complexity index is 110. The second kappa shape index (κ2) is 5.45. The van der Waals surface area contributed by atoms with Crippen LogP contribution in [0.3, 0.4) is 0 Å². The highest BCUT2D eigenvalue weighted by molar-refractivity contribution is 5.73. The van der Waals surface area contributed by atoms with E-state index in [9.17, 15) is 0 Å². The fraction of sp³-hybridized carbons (Fsp3) is 0.889. The van der Waals surface area contributed by atoms with Gasteiger partial charge in [0.1, 0.15) is 19.3 Å². The van der Waals surface area contributed by atoms with Crippen LogP contribution in [0, 0.1) is 0 Å². The Kier molecular flexibility index (Phi) is 5.27. The van der Waals surface area contributed by atoms with Gasteiger partial charge in [-0.1, -0.05) is 13.3 Å². The van der Waals surface area contributed by atoms with E-state index in [-0.39, 0.29) is 0 Å². The van der Waals surface area contributed by atoms with Crippen molar-refractivity contribution in [3.8, 4) is 0 Å². The quantitative estimate of drug-likeness (QED) is 0.322. The van der Waals surface area contributed by atoms with E-state index < -0.39 is 0 Å². The first kappa shape index (κ1) is 9.67. The largest absolute Gasteiger partial charge is 0.240 e. The van der Waals surface area contributed by atoms with Crippen molar-refractivity contribution >= 4 is 5.71 Å². The van der Waals surface area contributed by atoms with E-state index in [4.69, 9.17) is 0 Å². The normalized spacial score (nSPS) is 9.60. The van der Waals surface area contributed by atoms with Crippen LogP contribution in [0.2, 0.25) is 0 Å². The van der Waals surface area contributed by atoms with Crippen LogP contribution in [0.5, 0.6) is 0 Å². The monoisotopic (exact) mass is 142 g/mol. The molecule has 0 atom stereocenters. The zero-order valence-corrected chi connectivity index (χ0v) is 7.78. The first-order chi connectivity index (χ1) is 4.68. The average Bonchev–Trinajstić information content (AvgIpc) is 1.88. The number of rotatable bonds is 4. The van der Waals surface area contributed by atoms with Crippen molar-refractivity contribution < 1.29 is 4.58 Å². The van der Waals surface area contributed by atoms with Gasteiger partial charge in [-0.2, -0.15) is 0 Å². The van der Waals surface area contributed by atoms with Crippen molar-refractivity contribution in [1.29, 1.82) is 0 Å². The lowest BCUT2D eigenvalue weighted by Gasteiger charge is -1.97. The van der Waals surface area contributed by atoms with Crippen LogP contribution in [-0.2, 0) is 0 Å². The van der Waals surface area contributed by atoms with Gasteiger partial charge in [0.05, 0.1) is 0 Å². The summed E-state index contributed by atoms with van der Waals surface area (Å²) in [5.41, 5.74) is 1.41. The molecule has 0 aliphatic rings. The van der Waals surface area contributed by atoms with E-state index in [1.54, 1.807) is 0 Å². The molecule has 0 aromatic heterocycles. The predicted octanol–water partition coefficient (Wildman–Crippen LogP) is 2.30. The summed E-state index contributed by atoms with van der Waals surface area (Å²) in [5.74, 6) is 0. The molecule has 0 unspecified atom stereocenters. The molecular weight excluding hydrogens is 122 g/mol. The molecule has 0 spiro atoms. The lowest BCUT2D eigenvalue weighted by molar-refractivity contribution is -0.498. The van der Waals surface area contributed by atoms with Gasteiger partial charge in [0, 0.05) is 20.3 Å². The van der Waals surface area contributed by atoms with Gasteiger partial charge >= 0.3 is 0 Å². The molecule has 0 saturated heterocycles. The highest BCUT2D eigenvalue weighted by Gasteiger charge is 1.96. The van der Waals surface area contributed by atoms with Crippen LogP contribution in [0.1, 0.15) is 40.0 Å². The molecular formula is C9H20N+. The first-order valence-corrected chi connectivity index (χ1v) is 4.19. The Balaban J connectivity index is 3.40. The van der Waals surface area contributed by atoms with Crippen LogP contribution in [0.4, 0.5) is 0 Å². The molecule has 1 heteroatoms. The van der Waals surface area contributed by atoms with Crippen LogP contribution in [-0.4, -0.2) is 23.9 Å². The van der Waals surface area contributed by atoms with Crippen LogP contribution in [0.15, 0.2) is 0 Å². The number of nitrogens with zero attached hydrogens (tertiary/aromatic N) is 1. The van der Waals surface area contributed by atoms with Crippen LogP contribution < -0.4 is 0 Å².